The molecule has 0 amide bonds. The molecule has 2 rings (SSSR count). The summed E-state index contributed by atoms with van der Waals surface area (Å²) in [6.45, 7) is 5.08. The van der Waals surface area contributed by atoms with E-state index >= 15 is 0 Å². The summed E-state index contributed by atoms with van der Waals surface area (Å²) >= 11 is 0. The molecule has 1 saturated carbocycles. The zero-order valence-electron chi connectivity index (χ0n) is 13.0. The second kappa shape index (κ2) is 8.43. The van der Waals surface area contributed by atoms with Gasteiger partial charge in [0.1, 0.15) is 0 Å². The zero-order chi connectivity index (χ0) is 14.2. The number of ether oxygens (including phenoxy) is 1. The Morgan fingerprint density at radius 1 is 1.20 bits per heavy atom. The highest BCUT2D eigenvalue weighted by atomic mass is 16.5. The van der Waals surface area contributed by atoms with E-state index in [1.165, 1.54) is 37.7 Å². The summed E-state index contributed by atoms with van der Waals surface area (Å²) in [7, 11) is 1.77. The van der Waals surface area contributed by atoms with Gasteiger partial charge in [-0.3, -0.25) is 0 Å². The lowest BCUT2D eigenvalue weighted by molar-refractivity contribution is 0.196. The third kappa shape index (κ3) is 4.32. The van der Waals surface area contributed by atoms with Crippen molar-refractivity contribution in [3.63, 3.8) is 0 Å². The molecule has 1 aromatic carbocycles. The summed E-state index contributed by atoms with van der Waals surface area (Å²) in [5, 5.41) is 3.58. The third-order valence-corrected chi connectivity index (χ3v) is 4.65. The smallest absolute Gasteiger partial charge is 0.0587 e. The molecule has 1 atom stereocenters. The van der Waals surface area contributed by atoms with Crippen LogP contribution in [0.2, 0.25) is 0 Å². The number of nitrogens with one attached hydrogen (secondary N) is 1. The van der Waals surface area contributed by atoms with E-state index < -0.39 is 0 Å². The van der Waals surface area contributed by atoms with E-state index in [2.05, 4.69) is 36.5 Å². The molecule has 112 valence electrons. The molecule has 0 bridgehead atoms. The highest BCUT2D eigenvalue weighted by molar-refractivity contribution is 5.30. The van der Waals surface area contributed by atoms with Gasteiger partial charge in [-0.05, 0) is 42.7 Å². The fraction of sp³-hybridized carbons (Fsp3) is 0.667. The van der Waals surface area contributed by atoms with Gasteiger partial charge in [0, 0.05) is 20.2 Å². The van der Waals surface area contributed by atoms with Crippen molar-refractivity contribution >= 4 is 0 Å². The standard InChI is InChI=1S/C18H29NO/c1-15-8-6-7-11-17(15)18(14-19-12-13-20-2)16-9-4-3-5-10-16/h6-8,11,16,18-19H,3-5,9-10,12-14H2,1-2H3. The van der Waals surface area contributed by atoms with Crippen LogP contribution in [0.5, 0.6) is 0 Å². The largest absolute Gasteiger partial charge is 0.383 e. The van der Waals surface area contributed by atoms with Crippen LogP contribution >= 0.6 is 0 Å². The first kappa shape index (κ1) is 15.5. The minimum atomic E-state index is 0.661. The Labute approximate surface area is 123 Å². The Kier molecular flexibility index (Phi) is 6.55. The second-order valence-electron chi connectivity index (χ2n) is 6.06. The Balaban J connectivity index is 2.04. The molecule has 0 heterocycles. The van der Waals surface area contributed by atoms with Crippen LogP contribution in [0.1, 0.15) is 49.1 Å². The van der Waals surface area contributed by atoms with Crippen LogP contribution in [0.15, 0.2) is 24.3 Å². The average molecular weight is 275 g/mol. The molecule has 0 saturated heterocycles. The van der Waals surface area contributed by atoms with Crippen molar-refractivity contribution in [1.82, 2.24) is 5.32 Å². The molecule has 0 spiro atoms. The number of hydrogen-bond donors (Lipinski definition) is 1. The quantitative estimate of drug-likeness (QED) is 0.762. The number of benzene rings is 1. The van der Waals surface area contributed by atoms with Crippen molar-refractivity contribution in [2.45, 2.75) is 44.9 Å². The van der Waals surface area contributed by atoms with Crippen molar-refractivity contribution in [2.75, 3.05) is 26.8 Å². The molecule has 1 N–H and O–H groups in total. The third-order valence-electron chi connectivity index (χ3n) is 4.65. The summed E-state index contributed by atoms with van der Waals surface area (Å²) in [6.07, 6.45) is 7.03. The van der Waals surface area contributed by atoms with Crippen LogP contribution in [-0.4, -0.2) is 26.8 Å². The first-order valence-corrected chi connectivity index (χ1v) is 8.08. The lowest BCUT2D eigenvalue weighted by Gasteiger charge is -2.32. The summed E-state index contributed by atoms with van der Waals surface area (Å²) in [6, 6.07) is 8.91. The lowest BCUT2D eigenvalue weighted by atomic mass is 9.75. The fourth-order valence-corrected chi connectivity index (χ4v) is 3.50. The highest BCUT2D eigenvalue weighted by Crippen LogP contribution is 2.36. The molecule has 0 aromatic heterocycles. The highest BCUT2D eigenvalue weighted by Gasteiger charge is 2.25. The first-order valence-electron chi connectivity index (χ1n) is 8.08. The van der Waals surface area contributed by atoms with Gasteiger partial charge in [-0.2, -0.15) is 0 Å². The maximum atomic E-state index is 5.14. The number of methoxy groups -OCH3 is 1. The van der Waals surface area contributed by atoms with Crippen molar-refractivity contribution in [1.29, 1.82) is 0 Å². The zero-order valence-corrected chi connectivity index (χ0v) is 13.0. The molecule has 1 unspecified atom stereocenters. The van der Waals surface area contributed by atoms with Gasteiger partial charge in [-0.15, -0.1) is 0 Å². The molecule has 0 aliphatic heterocycles. The van der Waals surface area contributed by atoms with E-state index in [1.54, 1.807) is 12.7 Å². The van der Waals surface area contributed by atoms with Crippen LogP contribution in [0.25, 0.3) is 0 Å². The lowest BCUT2D eigenvalue weighted by Crippen LogP contribution is -2.30. The molecule has 20 heavy (non-hydrogen) atoms. The summed E-state index contributed by atoms with van der Waals surface area (Å²) < 4.78 is 5.14. The molecule has 1 aliphatic carbocycles. The van der Waals surface area contributed by atoms with E-state index in [-0.39, 0.29) is 0 Å². The predicted molar refractivity (Wildman–Crippen MR) is 85.2 cm³/mol. The van der Waals surface area contributed by atoms with E-state index in [4.69, 9.17) is 4.74 Å². The summed E-state index contributed by atoms with van der Waals surface area (Å²) in [4.78, 5) is 0. The molecule has 1 aromatic rings. The molecular weight excluding hydrogens is 246 g/mol. The second-order valence-corrected chi connectivity index (χ2v) is 6.06. The van der Waals surface area contributed by atoms with Crippen LogP contribution in [0, 0.1) is 12.8 Å². The topological polar surface area (TPSA) is 21.3 Å². The van der Waals surface area contributed by atoms with Crippen molar-refractivity contribution < 1.29 is 4.74 Å². The fourth-order valence-electron chi connectivity index (χ4n) is 3.50. The van der Waals surface area contributed by atoms with E-state index in [1.807, 2.05) is 0 Å². The summed E-state index contributed by atoms with van der Waals surface area (Å²) in [5.74, 6) is 1.51. The first-order chi connectivity index (χ1) is 9.83. The monoisotopic (exact) mass is 275 g/mol. The minimum absolute atomic E-state index is 0.661. The van der Waals surface area contributed by atoms with Gasteiger partial charge in [0.25, 0.3) is 0 Å². The van der Waals surface area contributed by atoms with Gasteiger partial charge in [-0.25, -0.2) is 0 Å². The van der Waals surface area contributed by atoms with Gasteiger partial charge >= 0.3 is 0 Å². The van der Waals surface area contributed by atoms with Crippen LogP contribution < -0.4 is 5.32 Å². The number of aryl methyl sites for hydroxylation is 1. The van der Waals surface area contributed by atoms with E-state index in [9.17, 15) is 0 Å². The van der Waals surface area contributed by atoms with Crippen molar-refractivity contribution in [2.24, 2.45) is 5.92 Å². The van der Waals surface area contributed by atoms with Gasteiger partial charge in [0.05, 0.1) is 6.61 Å². The van der Waals surface area contributed by atoms with Crippen molar-refractivity contribution in [3.8, 4) is 0 Å². The van der Waals surface area contributed by atoms with E-state index in [0.717, 1.165) is 25.6 Å². The van der Waals surface area contributed by atoms with Crippen LogP contribution in [0.4, 0.5) is 0 Å². The maximum Gasteiger partial charge on any atom is 0.0587 e. The number of hydrogen-bond acceptors (Lipinski definition) is 2. The molecule has 2 nitrogen and oxygen atoms in total. The Morgan fingerprint density at radius 3 is 2.65 bits per heavy atom. The van der Waals surface area contributed by atoms with Crippen molar-refractivity contribution in [3.05, 3.63) is 35.4 Å². The number of rotatable bonds is 7. The molecule has 0 radical (unpaired) electrons. The predicted octanol–water partition coefficient (Wildman–Crippen LogP) is 3.89. The molecule has 1 fully saturated rings. The minimum Gasteiger partial charge on any atom is -0.383 e. The average Bonchev–Trinajstić information content (AvgIpc) is 2.49. The van der Waals surface area contributed by atoms with Gasteiger partial charge in [0.15, 0.2) is 0 Å². The van der Waals surface area contributed by atoms with Crippen LogP contribution in [-0.2, 0) is 4.74 Å². The summed E-state index contributed by atoms with van der Waals surface area (Å²) in [5.41, 5.74) is 2.99. The van der Waals surface area contributed by atoms with Crippen LogP contribution in [0.3, 0.4) is 0 Å². The van der Waals surface area contributed by atoms with Gasteiger partial charge < -0.3 is 10.1 Å². The Bertz CT molecular complexity index is 385. The van der Waals surface area contributed by atoms with Gasteiger partial charge in [0.2, 0.25) is 0 Å². The molecular formula is C18H29NO. The Morgan fingerprint density at radius 2 is 1.95 bits per heavy atom. The SMILES string of the molecule is COCCNCC(c1ccccc1C)C1CCCCC1. The molecule has 1 aliphatic rings. The Hall–Kier alpha value is -0.860. The molecule has 2 heteroatoms. The van der Waals surface area contributed by atoms with Gasteiger partial charge in [-0.1, -0.05) is 43.5 Å². The normalized spacial score (nSPS) is 18.1. The van der Waals surface area contributed by atoms with E-state index in [0.29, 0.717) is 5.92 Å². The maximum absolute atomic E-state index is 5.14.